The lowest BCUT2D eigenvalue weighted by molar-refractivity contribution is -0.146. The van der Waals surface area contributed by atoms with Crippen molar-refractivity contribution < 1.29 is 27.2 Å². The van der Waals surface area contributed by atoms with Crippen LogP contribution >= 0.6 is 0 Å². The summed E-state index contributed by atoms with van der Waals surface area (Å²) < 4.78 is 47.4. The Morgan fingerprint density at radius 3 is 2.80 bits per heavy atom. The molecule has 0 unspecified atom stereocenters. The second kappa shape index (κ2) is 6.91. The van der Waals surface area contributed by atoms with Crippen molar-refractivity contribution >= 4 is 5.91 Å². The SMILES string of the molecule is COCCN1CCC[C@]2(CCN(Cc3nc(C(F)(F)F)no3)C2)C1=O. The monoisotopic (exact) mass is 362 g/mol. The summed E-state index contributed by atoms with van der Waals surface area (Å²) in [6, 6.07) is 0. The van der Waals surface area contributed by atoms with Gasteiger partial charge in [0.05, 0.1) is 18.6 Å². The standard InChI is InChI=1S/C15H21F3N4O3/c1-24-8-7-22-5-2-3-14(13(22)23)4-6-21(10-14)9-11-19-12(20-25-11)15(16,17)18/h2-10H2,1H3/t14-/m1/s1. The summed E-state index contributed by atoms with van der Waals surface area (Å²) in [5.41, 5.74) is -0.459. The number of carbonyl (C=O) groups is 1. The van der Waals surface area contributed by atoms with E-state index in [4.69, 9.17) is 9.26 Å². The Morgan fingerprint density at radius 2 is 2.12 bits per heavy atom. The van der Waals surface area contributed by atoms with Gasteiger partial charge in [-0.1, -0.05) is 5.16 Å². The van der Waals surface area contributed by atoms with Gasteiger partial charge in [-0.15, -0.1) is 0 Å². The Bertz CT molecular complexity index is 621. The maximum atomic E-state index is 12.8. The predicted molar refractivity (Wildman–Crippen MR) is 79.3 cm³/mol. The third-order valence-electron chi connectivity index (χ3n) is 4.90. The van der Waals surface area contributed by atoms with Gasteiger partial charge in [0, 0.05) is 26.7 Å². The molecule has 2 saturated heterocycles. The number of nitrogens with zero attached hydrogens (tertiary/aromatic N) is 4. The second-order valence-corrected chi connectivity index (χ2v) is 6.64. The molecule has 0 radical (unpaired) electrons. The number of ether oxygens (including phenoxy) is 1. The van der Waals surface area contributed by atoms with Crippen LogP contribution in [0, 0.1) is 5.41 Å². The van der Waals surface area contributed by atoms with Gasteiger partial charge < -0.3 is 14.2 Å². The van der Waals surface area contributed by atoms with Crippen molar-refractivity contribution in [1.82, 2.24) is 19.9 Å². The highest BCUT2D eigenvalue weighted by molar-refractivity contribution is 5.84. The van der Waals surface area contributed by atoms with E-state index in [1.54, 1.807) is 7.11 Å². The molecule has 0 aromatic carbocycles. The number of carbonyl (C=O) groups excluding carboxylic acids is 1. The average molecular weight is 362 g/mol. The fraction of sp³-hybridized carbons (Fsp3) is 0.800. The smallest absolute Gasteiger partial charge is 0.383 e. The molecule has 2 aliphatic heterocycles. The molecule has 0 N–H and O–H groups in total. The van der Waals surface area contributed by atoms with Gasteiger partial charge in [-0.2, -0.15) is 18.2 Å². The quantitative estimate of drug-likeness (QED) is 0.791. The van der Waals surface area contributed by atoms with Crippen molar-refractivity contribution in [3.63, 3.8) is 0 Å². The Morgan fingerprint density at radius 1 is 1.32 bits per heavy atom. The zero-order valence-corrected chi connectivity index (χ0v) is 14.0. The number of rotatable bonds is 5. The molecule has 0 bridgehead atoms. The predicted octanol–water partition coefficient (Wildman–Crippen LogP) is 1.55. The molecular weight excluding hydrogens is 341 g/mol. The molecular formula is C15H21F3N4O3. The summed E-state index contributed by atoms with van der Waals surface area (Å²) in [4.78, 5) is 20.0. The molecule has 25 heavy (non-hydrogen) atoms. The molecule has 140 valence electrons. The minimum absolute atomic E-state index is 0.0797. The van der Waals surface area contributed by atoms with Crippen LogP contribution < -0.4 is 0 Å². The molecule has 3 rings (SSSR count). The molecule has 7 nitrogen and oxygen atoms in total. The van der Waals surface area contributed by atoms with Crippen molar-refractivity contribution in [1.29, 1.82) is 0 Å². The third kappa shape index (κ3) is 3.79. The van der Waals surface area contributed by atoms with Crippen LogP contribution in [0.15, 0.2) is 4.52 Å². The summed E-state index contributed by atoms with van der Waals surface area (Å²) in [5, 5.41) is 2.97. The zero-order chi connectivity index (χ0) is 18.1. The Hall–Kier alpha value is -1.68. The van der Waals surface area contributed by atoms with E-state index >= 15 is 0 Å². The number of alkyl halides is 3. The molecule has 2 fully saturated rings. The van der Waals surface area contributed by atoms with Crippen LogP contribution in [-0.2, 0) is 22.3 Å². The minimum Gasteiger partial charge on any atom is -0.383 e. The molecule has 1 atom stereocenters. The largest absolute Gasteiger partial charge is 0.455 e. The summed E-state index contributed by atoms with van der Waals surface area (Å²) in [7, 11) is 1.60. The second-order valence-electron chi connectivity index (χ2n) is 6.64. The first kappa shape index (κ1) is 18.1. The average Bonchev–Trinajstić information content (AvgIpc) is 3.17. The van der Waals surface area contributed by atoms with Crippen LogP contribution in [0.4, 0.5) is 13.2 Å². The molecule has 1 aromatic heterocycles. The third-order valence-corrected chi connectivity index (χ3v) is 4.90. The number of aromatic nitrogens is 2. The summed E-state index contributed by atoms with van der Waals surface area (Å²) >= 11 is 0. The van der Waals surface area contributed by atoms with Gasteiger partial charge >= 0.3 is 6.18 Å². The normalized spacial score (nSPS) is 25.3. The molecule has 1 amide bonds. The van der Waals surface area contributed by atoms with Crippen molar-refractivity contribution in [3.05, 3.63) is 11.7 Å². The van der Waals surface area contributed by atoms with Crippen molar-refractivity contribution in [2.45, 2.75) is 32.0 Å². The molecule has 2 aliphatic rings. The van der Waals surface area contributed by atoms with E-state index in [1.807, 2.05) is 9.80 Å². The number of piperidine rings is 1. The minimum atomic E-state index is -4.62. The summed E-state index contributed by atoms with van der Waals surface area (Å²) in [5.74, 6) is -1.24. The van der Waals surface area contributed by atoms with Crippen LogP contribution in [0.25, 0.3) is 0 Å². The fourth-order valence-electron chi connectivity index (χ4n) is 3.66. The van der Waals surface area contributed by atoms with Gasteiger partial charge in [-0.3, -0.25) is 9.69 Å². The first-order valence-corrected chi connectivity index (χ1v) is 8.24. The van der Waals surface area contributed by atoms with Crippen molar-refractivity contribution in [2.24, 2.45) is 5.41 Å². The highest BCUT2D eigenvalue weighted by atomic mass is 19.4. The van der Waals surface area contributed by atoms with E-state index in [2.05, 4.69) is 10.1 Å². The maximum absolute atomic E-state index is 12.8. The van der Waals surface area contributed by atoms with Gasteiger partial charge in [0.2, 0.25) is 11.8 Å². The molecule has 0 saturated carbocycles. The highest BCUT2D eigenvalue weighted by Crippen LogP contribution is 2.40. The van der Waals surface area contributed by atoms with Gasteiger partial charge in [0.1, 0.15) is 0 Å². The van der Waals surface area contributed by atoms with Crippen molar-refractivity contribution in [2.75, 3.05) is 39.9 Å². The summed E-state index contributed by atoms with van der Waals surface area (Å²) in [6.45, 7) is 3.02. The molecule has 3 heterocycles. The van der Waals surface area contributed by atoms with E-state index in [-0.39, 0.29) is 18.3 Å². The number of halogens is 3. The highest BCUT2D eigenvalue weighted by Gasteiger charge is 2.48. The molecule has 0 aliphatic carbocycles. The lowest BCUT2D eigenvalue weighted by Crippen LogP contribution is -2.50. The molecule has 10 heteroatoms. The lowest BCUT2D eigenvalue weighted by Gasteiger charge is -2.39. The number of hydrogen-bond acceptors (Lipinski definition) is 6. The topological polar surface area (TPSA) is 71.7 Å². The van der Waals surface area contributed by atoms with Crippen LogP contribution in [-0.4, -0.2) is 65.7 Å². The van der Waals surface area contributed by atoms with Gasteiger partial charge in [0.15, 0.2) is 0 Å². The van der Waals surface area contributed by atoms with Crippen LogP contribution in [0.2, 0.25) is 0 Å². The number of hydrogen-bond donors (Lipinski definition) is 0. The van der Waals surface area contributed by atoms with E-state index in [1.165, 1.54) is 0 Å². The van der Waals surface area contributed by atoms with E-state index in [0.29, 0.717) is 32.7 Å². The number of amides is 1. The Kier molecular flexibility index (Phi) is 5.01. The zero-order valence-electron chi connectivity index (χ0n) is 14.0. The fourth-order valence-corrected chi connectivity index (χ4v) is 3.66. The van der Waals surface area contributed by atoms with E-state index < -0.39 is 17.4 Å². The summed E-state index contributed by atoms with van der Waals surface area (Å²) in [6.07, 6.45) is -2.21. The number of likely N-dealkylation sites (tertiary alicyclic amines) is 2. The van der Waals surface area contributed by atoms with Crippen molar-refractivity contribution in [3.8, 4) is 0 Å². The Labute approximate surface area is 143 Å². The van der Waals surface area contributed by atoms with Crippen LogP contribution in [0.5, 0.6) is 0 Å². The first-order valence-electron chi connectivity index (χ1n) is 8.24. The maximum Gasteiger partial charge on any atom is 0.455 e. The van der Waals surface area contributed by atoms with Crippen LogP contribution in [0.1, 0.15) is 31.0 Å². The first-order chi connectivity index (χ1) is 11.8. The van der Waals surface area contributed by atoms with Gasteiger partial charge in [-0.25, -0.2) is 0 Å². The van der Waals surface area contributed by atoms with Crippen LogP contribution in [0.3, 0.4) is 0 Å². The lowest BCUT2D eigenvalue weighted by atomic mass is 9.78. The van der Waals surface area contributed by atoms with E-state index in [0.717, 1.165) is 19.4 Å². The molecule has 1 spiro atoms. The van der Waals surface area contributed by atoms with Gasteiger partial charge in [0.25, 0.3) is 5.82 Å². The van der Waals surface area contributed by atoms with E-state index in [9.17, 15) is 18.0 Å². The van der Waals surface area contributed by atoms with Gasteiger partial charge in [-0.05, 0) is 25.8 Å². The Balaban J connectivity index is 1.62. The molecule has 1 aromatic rings. The number of methoxy groups -OCH3 is 1.